The number of hydrogen-bond donors (Lipinski definition) is 1. The molecule has 0 bridgehead atoms. The minimum atomic E-state index is -4.96. The second-order valence-corrected chi connectivity index (χ2v) is 6.48. The molecule has 152 valence electrons. The molecule has 1 N–H and O–H groups in total. The van der Waals surface area contributed by atoms with E-state index in [1.54, 1.807) is 12.1 Å². The number of carbonyl (C=O) groups is 2. The van der Waals surface area contributed by atoms with Crippen LogP contribution in [0.15, 0.2) is 42.0 Å². The molecule has 0 fully saturated rings. The van der Waals surface area contributed by atoms with Crippen LogP contribution >= 0.6 is 0 Å². The van der Waals surface area contributed by atoms with Crippen LogP contribution in [0, 0.1) is 6.92 Å². The SMILES string of the molecule is CCc1ccc(Oc2ccc3c(c2C)OC(C(F)(F)F)C(C(=O)C(=O)O)=C3)cc1. The highest BCUT2D eigenvalue weighted by Crippen LogP contribution is 2.42. The van der Waals surface area contributed by atoms with Gasteiger partial charge < -0.3 is 14.6 Å². The van der Waals surface area contributed by atoms with Gasteiger partial charge >= 0.3 is 12.1 Å². The summed E-state index contributed by atoms with van der Waals surface area (Å²) < 4.78 is 51.1. The Kier molecular flexibility index (Phi) is 5.37. The van der Waals surface area contributed by atoms with Crippen molar-refractivity contribution in [2.45, 2.75) is 32.5 Å². The fourth-order valence-corrected chi connectivity index (χ4v) is 2.97. The van der Waals surface area contributed by atoms with E-state index in [0.29, 0.717) is 11.3 Å². The van der Waals surface area contributed by atoms with Crippen molar-refractivity contribution in [3.8, 4) is 17.2 Å². The average molecular weight is 406 g/mol. The maximum atomic E-state index is 13.4. The summed E-state index contributed by atoms with van der Waals surface area (Å²) in [5.74, 6) is -2.96. The number of benzene rings is 2. The van der Waals surface area contributed by atoms with Gasteiger partial charge in [-0.2, -0.15) is 13.2 Å². The number of aryl methyl sites for hydroxylation is 1. The van der Waals surface area contributed by atoms with Crippen LogP contribution in [0.3, 0.4) is 0 Å². The number of ether oxygens (including phenoxy) is 2. The second-order valence-electron chi connectivity index (χ2n) is 6.48. The van der Waals surface area contributed by atoms with Crippen molar-refractivity contribution in [3.05, 3.63) is 58.7 Å². The Bertz CT molecular complexity index is 991. The van der Waals surface area contributed by atoms with E-state index in [1.807, 2.05) is 19.1 Å². The Morgan fingerprint density at radius 3 is 2.34 bits per heavy atom. The van der Waals surface area contributed by atoms with Crippen LogP contribution in [0.1, 0.15) is 23.6 Å². The van der Waals surface area contributed by atoms with Crippen LogP contribution in [-0.4, -0.2) is 29.1 Å². The molecule has 0 radical (unpaired) electrons. The molecule has 1 unspecified atom stereocenters. The van der Waals surface area contributed by atoms with Crippen molar-refractivity contribution in [3.63, 3.8) is 0 Å². The number of rotatable bonds is 5. The first-order chi connectivity index (χ1) is 13.6. The Morgan fingerprint density at radius 2 is 1.79 bits per heavy atom. The molecule has 2 aromatic rings. The van der Waals surface area contributed by atoms with Gasteiger partial charge in [0.05, 0.1) is 5.57 Å². The highest BCUT2D eigenvalue weighted by atomic mass is 19.4. The van der Waals surface area contributed by atoms with E-state index in [1.165, 1.54) is 19.1 Å². The molecule has 0 aliphatic carbocycles. The zero-order chi connectivity index (χ0) is 21.3. The lowest BCUT2D eigenvalue weighted by atomic mass is 9.96. The summed E-state index contributed by atoms with van der Waals surface area (Å²) in [5, 5.41) is 8.83. The van der Waals surface area contributed by atoms with Gasteiger partial charge in [-0.05, 0) is 49.2 Å². The molecule has 1 aliphatic heterocycles. The predicted octanol–water partition coefficient (Wildman–Crippen LogP) is 4.71. The normalized spacial score (nSPS) is 15.8. The standard InChI is InChI=1S/C21H17F3O5/c1-3-12-4-7-14(8-5-12)28-16-9-6-13-10-15(17(25)20(26)27)19(21(22,23)24)29-18(13)11(16)2/h4-10,19H,3H2,1-2H3,(H,26,27). The summed E-state index contributed by atoms with van der Waals surface area (Å²) in [6.45, 7) is 3.54. The Balaban J connectivity index is 2.00. The van der Waals surface area contributed by atoms with Crippen molar-refractivity contribution in [1.82, 2.24) is 0 Å². The van der Waals surface area contributed by atoms with Crippen LogP contribution in [0.5, 0.6) is 17.2 Å². The largest absolute Gasteiger partial charge is 0.475 e. The molecule has 0 saturated carbocycles. The number of Topliss-reactive ketones (excluding diaryl/α,β-unsaturated/α-hetero) is 1. The number of hydrogen-bond acceptors (Lipinski definition) is 4. The van der Waals surface area contributed by atoms with Gasteiger partial charge in [0.2, 0.25) is 6.10 Å². The fraction of sp³-hybridized carbons (Fsp3) is 0.238. The summed E-state index contributed by atoms with van der Waals surface area (Å²) >= 11 is 0. The molecule has 8 heteroatoms. The van der Waals surface area contributed by atoms with Crippen molar-refractivity contribution in [2.24, 2.45) is 0 Å². The number of fused-ring (bicyclic) bond motifs is 1. The molecule has 0 aromatic heterocycles. The van der Waals surface area contributed by atoms with Crippen LogP contribution in [-0.2, 0) is 16.0 Å². The summed E-state index contributed by atoms with van der Waals surface area (Å²) in [6.07, 6.45) is -5.88. The number of aliphatic carboxylic acids is 1. The average Bonchev–Trinajstić information content (AvgIpc) is 2.68. The minimum Gasteiger partial charge on any atom is -0.475 e. The van der Waals surface area contributed by atoms with Crippen LogP contribution in [0.4, 0.5) is 13.2 Å². The fourth-order valence-electron chi connectivity index (χ4n) is 2.97. The van der Waals surface area contributed by atoms with Crippen LogP contribution < -0.4 is 9.47 Å². The Hall–Kier alpha value is -3.29. The first-order valence-corrected chi connectivity index (χ1v) is 8.74. The molecule has 29 heavy (non-hydrogen) atoms. The smallest absolute Gasteiger partial charge is 0.429 e. The number of halogens is 3. The molecule has 5 nitrogen and oxygen atoms in total. The molecule has 0 saturated heterocycles. The van der Waals surface area contributed by atoms with Gasteiger partial charge in [-0.15, -0.1) is 0 Å². The molecule has 3 rings (SSSR count). The van der Waals surface area contributed by atoms with Crippen molar-refractivity contribution in [2.75, 3.05) is 0 Å². The third-order valence-corrected chi connectivity index (χ3v) is 4.53. The number of carboxylic acids is 1. The Morgan fingerprint density at radius 1 is 1.14 bits per heavy atom. The highest BCUT2D eigenvalue weighted by Gasteiger charge is 2.49. The molecule has 1 atom stereocenters. The van der Waals surface area contributed by atoms with E-state index >= 15 is 0 Å². The van der Waals surface area contributed by atoms with Crippen molar-refractivity contribution in [1.29, 1.82) is 0 Å². The van der Waals surface area contributed by atoms with E-state index in [9.17, 15) is 22.8 Å². The predicted molar refractivity (Wildman–Crippen MR) is 98.2 cm³/mol. The molecular formula is C21H17F3O5. The topological polar surface area (TPSA) is 72.8 Å². The lowest BCUT2D eigenvalue weighted by Gasteiger charge is -2.29. The van der Waals surface area contributed by atoms with E-state index in [4.69, 9.17) is 14.6 Å². The Labute approximate surface area is 164 Å². The molecule has 1 aliphatic rings. The van der Waals surface area contributed by atoms with E-state index in [-0.39, 0.29) is 17.1 Å². The van der Waals surface area contributed by atoms with Gasteiger partial charge in [-0.25, -0.2) is 4.79 Å². The third-order valence-electron chi connectivity index (χ3n) is 4.53. The number of alkyl halides is 3. The summed E-state index contributed by atoms with van der Waals surface area (Å²) in [4.78, 5) is 22.7. The van der Waals surface area contributed by atoms with Crippen molar-refractivity contribution < 1.29 is 37.3 Å². The number of ketones is 1. The lowest BCUT2D eigenvalue weighted by Crippen LogP contribution is -2.42. The minimum absolute atomic E-state index is 0.114. The zero-order valence-corrected chi connectivity index (χ0v) is 15.5. The van der Waals surface area contributed by atoms with Gasteiger partial charge in [0.15, 0.2) is 0 Å². The zero-order valence-electron chi connectivity index (χ0n) is 15.5. The monoisotopic (exact) mass is 406 g/mol. The number of carboxylic acid groups (broad SMARTS) is 1. The van der Waals surface area contributed by atoms with Gasteiger partial charge in [-0.1, -0.05) is 19.1 Å². The van der Waals surface area contributed by atoms with E-state index in [0.717, 1.165) is 18.1 Å². The molecule has 2 aromatic carbocycles. The summed E-state index contributed by atoms with van der Waals surface area (Å²) in [5.41, 5.74) is 0.605. The highest BCUT2D eigenvalue weighted by molar-refractivity contribution is 6.41. The van der Waals surface area contributed by atoms with Gasteiger partial charge in [0.1, 0.15) is 17.2 Å². The summed E-state index contributed by atoms with van der Waals surface area (Å²) in [6, 6.07) is 10.2. The molecular weight excluding hydrogens is 389 g/mol. The molecule has 0 spiro atoms. The first-order valence-electron chi connectivity index (χ1n) is 8.74. The van der Waals surface area contributed by atoms with Gasteiger partial charge in [-0.3, -0.25) is 4.79 Å². The summed E-state index contributed by atoms with van der Waals surface area (Å²) in [7, 11) is 0. The second kappa shape index (κ2) is 7.62. The lowest BCUT2D eigenvalue weighted by molar-refractivity contribution is -0.185. The molecule has 0 amide bonds. The van der Waals surface area contributed by atoms with Crippen LogP contribution in [0.2, 0.25) is 0 Å². The van der Waals surface area contributed by atoms with Gasteiger partial charge in [0, 0.05) is 11.1 Å². The quantitative estimate of drug-likeness (QED) is 0.728. The third kappa shape index (κ3) is 4.11. The van der Waals surface area contributed by atoms with E-state index in [2.05, 4.69) is 0 Å². The maximum Gasteiger partial charge on any atom is 0.429 e. The number of carbonyl (C=O) groups excluding carboxylic acids is 1. The van der Waals surface area contributed by atoms with E-state index < -0.39 is 29.6 Å². The van der Waals surface area contributed by atoms with Gasteiger partial charge in [0.25, 0.3) is 5.78 Å². The van der Waals surface area contributed by atoms with Crippen LogP contribution in [0.25, 0.3) is 6.08 Å². The first kappa shape index (κ1) is 20.4. The molecule has 1 heterocycles. The van der Waals surface area contributed by atoms with Crippen molar-refractivity contribution >= 4 is 17.8 Å². The maximum absolute atomic E-state index is 13.4.